The van der Waals surface area contributed by atoms with E-state index in [1.165, 1.54) is 18.4 Å². The number of hydrogen-bond donors (Lipinski definition) is 2. The Kier molecular flexibility index (Phi) is 8.32. The van der Waals surface area contributed by atoms with E-state index in [4.69, 9.17) is 9.73 Å². The highest BCUT2D eigenvalue weighted by molar-refractivity contribution is 5.79. The third-order valence-electron chi connectivity index (χ3n) is 5.46. The van der Waals surface area contributed by atoms with Crippen LogP contribution in [0.1, 0.15) is 69.7 Å². The molecule has 2 N–H and O–H groups in total. The van der Waals surface area contributed by atoms with Gasteiger partial charge in [-0.1, -0.05) is 26.0 Å². The highest BCUT2D eigenvalue weighted by Crippen LogP contribution is 2.24. The van der Waals surface area contributed by atoms with Crippen molar-refractivity contribution in [3.8, 4) is 5.75 Å². The van der Waals surface area contributed by atoms with Gasteiger partial charge in [-0.3, -0.25) is 0 Å². The molecule has 170 valence electrons. The van der Waals surface area contributed by atoms with Gasteiger partial charge in [0.15, 0.2) is 11.8 Å². The number of aliphatic imine (C=N–C) groups is 1. The summed E-state index contributed by atoms with van der Waals surface area (Å²) < 4.78 is 8.52. The van der Waals surface area contributed by atoms with Gasteiger partial charge in [-0.05, 0) is 57.6 Å². The Morgan fingerprint density at radius 3 is 2.81 bits per heavy atom. The number of guanidine groups is 1. The SMILES string of the molecule is CCNC(=NCc1ccc(C)cc1OC(C)CC(C)C)NCc1nnc2n1CCCC2. The van der Waals surface area contributed by atoms with Crippen LogP contribution in [0.25, 0.3) is 0 Å². The number of nitrogens with zero attached hydrogens (tertiary/aromatic N) is 4. The third-order valence-corrected chi connectivity index (χ3v) is 5.46. The topological polar surface area (TPSA) is 76.4 Å². The van der Waals surface area contributed by atoms with Gasteiger partial charge >= 0.3 is 0 Å². The summed E-state index contributed by atoms with van der Waals surface area (Å²) in [6.07, 6.45) is 4.62. The van der Waals surface area contributed by atoms with Crippen LogP contribution in [-0.2, 0) is 26.1 Å². The summed E-state index contributed by atoms with van der Waals surface area (Å²) in [6, 6.07) is 6.35. The van der Waals surface area contributed by atoms with Crippen LogP contribution in [0.3, 0.4) is 0 Å². The van der Waals surface area contributed by atoms with Crippen molar-refractivity contribution in [2.24, 2.45) is 10.9 Å². The first kappa shape index (κ1) is 23.1. The van der Waals surface area contributed by atoms with Crippen molar-refractivity contribution in [1.82, 2.24) is 25.4 Å². The van der Waals surface area contributed by atoms with Gasteiger partial charge in [-0.15, -0.1) is 10.2 Å². The van der Waals surface area contributed by atoms with Gasteiger partial charge in [0.25, 0.3) is 0 Å². The number of hydrogen-bond acceptors (Lipinski definition) is 4. The summed E-state index contributed by atoms with van der Waals surface area (Å²) >= 11 is 0. The molecule has 0 bridgehead atoms. The molecule has 0 spiro atoms. The van der Waals surface area contributed by atoms with Gasteiger partial charge in [0.2, 0.25) is 0 Å². The molecule has 1 aliphatic rings. The molecule has 0 saturated heterocycles. The van der Waals surface area contributed by atoms with E-state index in [1.54, 1.807) is 0 Å². The lowest BCUT2D eigenvalue weighted by Crippen LogP contribution is -2.37. The summed E-state index contributed by atoms with van der Waals surface area (Å²) in [5.41, 5.74) is 2.29. The van der Waals surface area contributed by atoms with Crippen LogP contribution in [0.4, 0.5) is 0 Å². The van der Waals surface area contributed by atoms with Crippen molar-refractivity contribution < 1.29 is 4.74 Å². The molecule has 1 atom stereocenters. The molecule has 2 heterocycles. The van der Waals surface area contributed by atoms with E-state index in [9.17, 15) is 0 Å². The predicted molar refractivity (Wildman–Crippen MR) is 125 cm³/mol. The zero-order chi connectivity index (χ0) is 22.2. The maximum Gasteiger partial charge on any atom is 0.191 e. The number of fused-ring (bicyclic) bond motifs is 1. The van der Waals surface area contributed by atoms with Crippen LogP contribution in [0.15, 0.2) is 23.2 Å². The number of rotatable bonds is 9. The number of aromatic nitrogens is 3. The average molecular weight is 427 g/mol. The van der Waals surface area contributed by atoms with Gasteiger partial charge in [-0.2, -0.15) is 0 Å². The molecule has 1 unspecified atom stereocenters. The molecule has 31 heavy (non-hydrogen) atoms. The number of aryl methyl sites for hydroxylation is 2. The third kappa shape index (κ3) is 6.71. The molecule has 0 saturated carbocycles. The van der Waals surface area contributed by atoms with E-state index in [0.29, 0.717) is 19.0 Å². The Hall–Kier alpha value is -2.57. The van der Waals surface area contributed by atoms with E-state index < -0.39 is 0 Å². The van der Waals surface area contributed by atoms with Crippen LogP contribution in [0.2, 0.25) is 0 Å². The van der Waals surface area contributed by atoms with Crippen molar-refractivity contribution in [3.63, 3.8) is 0 Å². The van der Waals surface area contributed by atoms with Crippen molar-refractivity contribution in [2.45, 2.75) is 86.0 Å². The second-order valence-corrected chi connectivity index (χ2v) is 8.86. The second-order valence-electron chi connectivity index (χ2n) is 8.86. The highest BCUT2D eigenvalue weighted by Gasteiger charge is 2.16. The molecule has 1 aromatic heterocycles. The molecule has 0 fully saturated rings. The molecular formula is C24H38N6O. The molecular weight excluding hydrogens is 388 g/mol. The standard InChI is InChI=1S/C24H38N6O/c1-6-25-24(27-16-23-29-28-22-9-7-8-12-30(22)23)26-15-20-11-10-18(4)14-21(20)31-19(5)13-17(2)3/h10-11,14,17,19H,6-9,12-13,15-16H2,1-5H3,(H2,25,26,27). The maximum absolute atomic E-state index is 6.28. The summed E-state index contributed by atoms with van der Waals surface area (Å²) in [6.45, 7) is 13.7. The van der Waals surface area contributed by atoms with Crippen molar-refractivity contribution in [2.75, 3.05) is 6.54 Å². The fraction of sp³-hybridized carbons (Fsp3) is 0.625. The van der Waals surface area contributed by atoms with E-state index >= 15 is 0 Å². The Balaban J connectivity index is 1.68. The predicted octanol–water partition coefficient (Wildman–Crippen LogP) is 3.99. The molecule has 7 nitrogen and oxygen atoms in total. The van der Waals surface area contributed by atoms with Crippen LogP contribution in [-0.4, -0.2) is 33.4 Å². The lowest BCUT2D eigenvalue weighted by Gasteiger charge is -2.19. The van der Waals surface area contributed by atoms with Crippen LogP contribution in [0.5, 0.6) is 5.75 Å². The average Bonchev–Trinajstić information content (AvgIpc) is 3.13. The minimum atomic E-state index is 0.176. The smallest absolute Gasteiger partial charge is 0.191 e. The normalized spacial score (nSPS) is 15.0. The molecule has 1 aliphatic heterocycles. The van der Waals surface area contributed by atoms with E-state index in [2.05, 4.69) is 78.2 Å². The Morgan fingerprint density at radius 1 is 1.19 bits per heavy atom. The minimum absolute atomic E-state index is 0.176. The van der Waals surface area contributed by atoms with Crippen molar-refractivity contribution in [1.29, 1.82) is 0 Å². The zero-order valence-electron chi connectivity index (χ0n) is 19.7. The van der Waals surface area contributed by atoms with Crippen LogP contribution >= 0.6 is 0 Å². The number of nitrogens with one attached hydrogen (secondary N) is 2. The second kappa shape index (κ2) is 11.2. The van der Waals surface area contributed by atoms with Crippen LogP contribution < -0.4 is 15.4 Å². The van der Waals surface area contributed by atoms with E-state index in [-0.39, 0.29) is 6.10 Å². The molecule has 0 amide bonds. The van der Waals surface area contributed by atoms with E-state index in [1.807, 2.05) is 0 Å². The first-order valence-electron chi connectivity index (χ1n) is 11.7. The Morgan fingerprint density at radius 2 is 2.03 bits per heavy atom. The molecule has 3 rings (SSSR count). The minimum Gasteiger partial charge on any atom is -0.490 e. The van der Waals surface area contributed by atoms with Crippen molar-refractivity contribution >= 4 is 5.96 Å². The summed E-state index contributed by atoms with van der Waals surface area (Å²) in [5, 5.41) is 15.5. The van der Waals surface area contributed by atoms with Gasteiger partial charge in [0.05, 0.1) is 19.2 Å². The maximum atomic E-state index is 6.28. The van der Waals surface area contributed by atoms with Crippen molar-refractivity contribution in [3.05, 3.63) is 41.0 Å². The summed E-state index contributed by atoms with van der Waals surface area (Å²) in [5.74, 6) is 4.38. The fourth-order valence-electron chi connectivity index (χ4n) is 4.00. The lowest BCUT2D eigenvalue weighted by atomic mass is 10.1. The Bertz CT molecular complexity index is 873. The van der Waals surface area contributed by atoms with Gasteiger partial charge < -0.3 is 19.9 Å². The summed E-state index contributed by atoms with van der Waals surface area (Å²) in [7, 11) is 0. The van der Waals surface area contributed by atoms with Gasteiger partial charge in [-0.25, -0.2) is 4.99 Å². The first-order chi connectivity index (χ1) is 15.0. The molecule has 2 aromatic rings. The summed E-state index contributed by atoms with van der Waals surface area (Å²) in [4.78, 5) is 4.81. The van der Waals surface area contributed by atoms with Crippen LogP contribution in [0, 0.1) is 12.8 Å². The molecule has 7 heteroatoms. The monoisotopic (exact) mass is 426 g/mol. The van der Waals surface area contributed by atoms with E-state index in [0.717, 1.165) is 54.9 Å². The van der Waals surface area contributed by atoms with Gasteiger partial charge in [0, 0.05) is 25.1 Å². The largest absolute Gasteiger partial charge is 0.490 e. The molecule has 0 radical (unpaired) electrons. The highest BCUT2D eigenvalue weighted by atomic mass is 16.5. The zero-order valence-corrected chi connectivity index (χ0v) is 19.7. The Labute approximate surface area is 186 Å². The lowest BCUT2D eigenvalue weighted by molar-refractivity contribution is 0.191. The first-order valence-corrected chi connectivity index (χ1v) is 11.7. The molecule has 0 aliphatic carbocycles. The quantitative estimate of drug-likeness (QED) is 0.468. The molecule has 1 aromatic carbocycles. The number of benzene rings is 1. The van der Waals surface area contributed by atoms with Gasteiger partial charge in [0.1, 0.15) is 11.6 Å². The number of ether oxygens (including phenoxy) is 1. The fourth-order valence-corrected chi connectivity index (χ4v) is 4.00.